The number of nitrogens with zero attached hydrogens (tertiary/aromatic N) is 4. The van der Waals surface area contributed by atoms with Crippen molar-refractivity contribution in [1.29, 1.82) is 0 Å². The summed E-state index contributed by atoms with van der Waals surface area (Å²) in [5, 5.41) is 11.3. The van der Waals surface area contributed by atoms with Gasteiger partial charge in [-0.3, -0.25) is 0 Å². The number of halogens is 2. The van der Waals surface area contributed by atoms with Gasteiger partial charge in [0.05, 0.1) is 10.9 Å². The first-order valence-corrected chi connectivity index (χ1v) is 6.38. The van der Waals surface area contributed by atoms with Crippen LogP contribution in [0.2, 0.25) is 0 Å². The number of rotatable bonds is 4. The van der Waals surface area contributed by atoms with Crippen LogP contribution in [0.1, 0.15) is 12.2 Å². The zero-order chi connectivity index (χ0) is 16.4. The molecule has 7 nitrogen and oxygen atoms in total. The van der Waals surface area contributed by atoms with Crippen molar-refractivity contribution >= 4 is 16.7 Å². The van der Waals surface area contributed by atoms with Crippen LogP contribution in [0.4, 0.5) is 14.6 Å². The lowest BCUT2D eigenvalue weighted by atomic mass is 10.2. The molecule has 3 aromatic rings. The number of alkyl halides is 2. The summed E-state index contributed by atoms with van der Waals surface area (Å²) < 4.78 is 31.2. The fourth-order valence-corrected chi connectivity index (χ4v) is 1.94. The molecule has 0 saturated carbocycles. The Morgan fingerprint density at radius 1 is 1.13 bits per heavy atom. The maximum atomic E-state index is 12.9. The second-order valence-corrected chi connectivity index (χ2v) is 4.39. The average molecular weight is 318 g/mol. The van der Waals surface area contributed by atoms with Gasteiger partial charge in [0.15, 0.2) is 5.82 Å². The summed E-state index contributed by atoms with van der Waals surface area (Å²) in [4.78, 5) is 21.2. The number of ether oxygens (including phenoxy) is 1. The Morgan fingerprint density at radius 2 is 1.91 bits per heavy atom. The molecule has 0 saturated heterocycles. The Balaban J connectivity index is 2.15. The Bertz CT molecular complexity index is 889. The van der Waals surface area contributed by atoms with Gasteiger partial charge in [-0.05, 0) is 34.2 Å². The molecule has 2 heterocycles. The predicted molar refractivity (Wildman–Crippen MR) is 75.5 cm³/mol. The van der Waals surface area contributed by atoms with Crippen LogP contribution in [0.5, 0.6) is 11.6 Å². The van der Waals surface area contributed by atoms with Crippen molar-refractivity contribution in [3.63, 3.8) is 0 Å². The molecule has 0 atom stereocenters. The van der Waals surface area contributed by atoms with Crippen LogP contribution < -0.4 is 4.74 Å². The third-order valence-corrected chi connectivity index (χ3v) is 2.91. The highest BCUT2D eigenvalue weighted by atomic mass is 19.3. The number of nitro groups is 1. The van der Waals surface area contributed by atoms with Crippen molar-refractivity contribution in [1.82, 2.24) is 15.0 Å². The Labute approximate surface area is 127 Å². The minimum atomic E-state index is -2.90. The normalized spacial score (nSPS) is 10.9. The Kier molecular flexibility index (Phi) is 3.75. The van der Waals surface area contributed by atoms with Crippen molar-refractivity contribution in [2.75, 3.05) is 0 Å². The molecule has 0 radical (unpaired) electrons. The van der Waals surface area contributed by atoms with Gasteiger partial charge >= 0.3 is 5.82 Å². The first-order chi connectivity index (χ1) is 11.1. The molecule has 0 aliphatic rings. The van der Waals surface area contributed by atoms with Crippen LogP contribution in [0.15, 0.2) is 42.6 Å². The van der Waals surface area contributed by atoms with Crippen LogP contribution in [0.25, 0.3) is 10.9 Å². The third kappa shape index (κ3) is 2.89. The quantitative estimate of drug-likeness (QED) is 0.538. The highest BCUT2D eigenvalue weighted by molar-refractivity contribution is 5.83. The van der Waals surface area contributed by atoms with Gasteiger partial charge in [0.1, 0.15) is 6.20 Å². The van der Waals surface area contributed by atoms with Gasteiger partial charge in [-0.15, -0.1) is 0 Å². The van der Waals surface area contributed by atoms with E-state index in [4.69, 9.17) is 4.74 Å². The molecule has 0 fully saturated rings. The summed E-state index contributed by atoms with van der Waals surface area (Å²) in [6.07, 6.45) is -1.67. The lowest BCUT2D eigenvalue weighted by Crippen LogP contribution is -2.01. The highest BCUT2D eigenvalue weighted by Crippen LogP contribution is 2.33. The summed E-state index contributed by atoms with van der Waals surface area (Å²) in [6, 6.07) is 9.11. The largest absolute Gasteiger partial charge is 0.429 e. The van der Waals surface area contributed by atoms with E-state index in [0.29, 0.717) is 5.39 Å². The molecule has 1 aromatic carbocycles. The van der Waals surface area contributed by atoms with Crippen molar-refractivity contribution in [3.05, 3.63) is 58.5 Å². The summed E-state index contributed by atoms with van der Waals surface area (Å²) in [5.41, 5.74) is 0.249. The number of hydrogen-bond acceptors (Lipinski definition) is 6. The number of pyridine rings is 1. The van der Waals surface area contributed by atoms with Crippen LogP contribution in [-0.4, -0.2) is 19.9 Å². The standard InChI is InChI=1S/C14H8F2N4O3/c15-11(16)12-18-9-5-2-1-4-8(9)14(19-12)23-10-6-3-7-17-13(10)20(21)22/h1-7,11H. The van der Waals surface area contributed by atoms with E-state index in [0.717, 1.165) is 0 Å². The number of para-hydroxylation sites is 1. The molecular formula is C14H8F2N4O3. The number of fused-ring (bicyclic) bond motifs is 1. The number of hydrogen-bond donors (Lipinski definition) is 0. The Hall–Kier alpha value is -3.23. The van der Waals surface area contributed by atoms with Crippen LogP contribution in [-0.2, 0) is 0 Å². The summed E-state index contributed by atoms with van der Waals surface area (Å²) in [6.45, 7) is 0. The summed E-state index contributed by atoms with van der Waals surface area (Å²) in [5.74, 6) is -1.64. The number of benzene rings is 1. The second kappa shape index (κ2) is 5.87. The molecule has 2 aromatic heterocycles. The summed E-state index contributed by atoms with van der Waals surface area (Å²) >= 11 is 0. The van der Waals surface area contributed by atoms with Crippen molar-refractivity contribution < 1.29 is 18.4 Å². The average Bonchev–Trinajstić information content (AvgIpc) is 2.55. The van der Waals surface area contributed by atoms with Crippen LogP contribution >= 0.6 is 0 Å². The maximum Gasteiger partial charge on any atom is 0.406 e. The van der Waals surface area contributed by atoms with E-state index in [-0.39, 0.29) is 17.1 Å². The van der Waals surface area contributed by atoms with Gasteiger partial charge in [-0.1, -0.05) is 12.1 Å². The maximum absolute atomic E-state index is 12.9. The molecule has 3 rings (SSSR count). The fraction of sp³-hybridized carbons (Fsp3) is 0.0714. The van der Waals surface area contributed by atoms with E-state index in [1.807, 2.05) is 0 Å². The molecule has 116 valence electrons. The zero-order valence-electron chi connectivity index (χ0n) is 11.4. The van der Waals surface area contributed by atoms with Crippen LogP contribution in [0, 0.1) is 10.1 Å². The smallest absolute Gasteiger partial charge is 0.406 e. The van der Waals surface area contributed by atoms with E-state index in [1.54, 1.807) is 18.2 Å². The first kappa shape index (κ1) is 14.7. The predicted octanol–water partition coefficient (Wildman–Crippen LogP) is 3.66. The molecule has 0 amide bonds. The fourth-order valence-electron chi connectivity index (χ4n) is 1.94. The molecule has 9 heteroatoms. The SMILES string of the molecule is O=[N+]([O-])c1ncccc1Oc1nc(C(F)F)nc2ccccc12. The molecule has 0 aliphatic carbocycles. The second-order valence-electron chi connectivity index (χ2n) is 4.39. The molecule has 0 aliphatic heterocycles. The molecule has 23 heavy (non-hydrogen) atoms. The van der Waals surface area contributed by atoms with Gasteiger partial charge in [0.2, 0.25) is 11.6 Å². The van der Waals surface area contributed by atoms with E-state index in [1.165, 1.54) is 24.4 Å². The van der Waals surface area contributed by atoms with E-state index < -0.39 is 23.0 Å². The molecule has 0 bridgehead atoms. The van der Waals surface area contributed by atoms with Crippen molar-refractivity contribution in [2.45, 2.75) is 6.43 Å². The topological polar surface area (TPSA) is 91.0 Å². The molecule has 0 unspecified atom stereocenters. The minimum Gasteiger partial charge on any atom is -0.429 e. The monoisotopic (exact) mass is 318 g/mol. The zero-order valence-corrected chi connectivity index (χ0v) is 11.4. The van der Waals surface area contributed by atoms with E-state index in [9.17, 15) is 18.9 Å². The van der Waals surface area contributed by atoms with Gasteiger partial charge in [-0.2, -0.15) is 4.98 Å². The molecule has 0 N–H and O–H groups in total. The summed E-state index contributed by atoms with van der Waals surface area (Å²) in [7, 11) is 0. The van der Waals surface area contributed by atoms with Gasteiger partial charge < -0.3 is 14.9 Å². The number of aromatic nitrogens is 3. The van der Waals surface area contributed by atoms with Crippen molar-refractivity contribution in [2.24, 2.45) is 0 Å². The van der Waals surface area contributed by atoms with E-state index in [2.05, 4.69) is 15.0 Å². The van der Waals surface area contributed by atoms with Gasteiger partial charge in [0.25, 0.3) is 6.43 Å². The molecular weight excluding hydrogens is 310 g/mol. The third-order valence-electron chi connectivity index (χ3n) is 2.91. The lowest BCUT2D eigenvalue weighted by molar-refractivity contribution is -0.390. The van der Waals surface area contributed by atoms with Crippen molar-refractivity contribution in [3.8, 4) is 11.6 Å². The Morgan fingerprint density at radius 3 is 2.65 bits per heavy atom. The minimum absolute atomic E-state index is 0.193. The highest BCUT2D eigenvalue weighted by Gasteiger charge is 2.20. The first-order valence-electron chi connectivity index (χ1n) is 6.38. The van der Waals surface area contributed by atoms with Gasteiger partial charge in [-0.25, -0.2) is 13.8 Å². The van der Waals surface area contributed by atoms with Crippen LogP contribution in [0.3, 0.4) is 0 Å². The molecule has 0 spiro atoms. The lowest BCUT2D eigenvalue weighted by Gasteiger charge is -2.09. The van der Waals surface area contributed by atoms with E-state index >= 15 is 0 Å². The van der Waals surface area contributed by atoms with Gasteiger partial charge in [0, 0.05) is 0 Å².